The second-order valence-corrected chi connectivity index (χ2v) is 9.38. The van der Waals surface area contributed by atoms with E-state index in [4.69, 9.17) is 19.9 Å². The topological polar surface area (TPSA) is 91.0 Å². The van der Waals surface area contributed by atoms with Crippen molar-refractivity contribution in [3.63, 3.8) is 0 Å². The minimum absolute atomic E-state index is 0.320. The number of ether oxygens (including phenoxy) is 3. The average Bonchev–Trinajstić information content (AvgIpc) is 3.24. The lowest BCUT2D eigenvalue weighted by Crippen LogP contribution is -2.52. The van der Waals surface area contributed by atoms with E-state index < -0.39 is 23.0 Å². The Labute approximate surface area is 200 Å². The van der Waals surface area contributed by atoms with Crippen LogP contribution in [0.5, 0.6) is 17.2 Å². The molecule has 3 aromatic carbocycles. The van der Waals surface area contributed by atoms with E-state index in [2.05, 4.69) is 15.9 Å². The Bertz CT molecular complexity index is 1220. The number of halogens is 1. The zero-order valence-electron chi connectivity index (χ0n) is 18.2. The van der Waals surface area contributed by atoms with Crippen LogP contribution < -0.4 is 19.9 Å². The molecule has 3 aromatic rings. The van der Waals surface area contributed by atoms with Gasteiger partial charge in [-0.05, 0) is 29.7 Å². The third-order valence-corrected chi connectivity index (χ3v) is 7.53. The van der Waals surface area contributed by atoms with Gasteiger partial charge in [0.15, 0.2) is 11.2 Å². The molecule has 33 heavy (non-hydrogen) atoms. The first-order valence-corrected chi connectivity index (χ1v) is 11.4. The van der Waals surface area contributed by atoms with Gasteiger partial charge in [0.25, 0.3) is 0 Å². The van der Waals surface area contributed by atoms with Crippen LogP contribution in [0.4, 0.5) is 0 Å². The van der Waals surface area contributed by atoms with Gasteiger partial charge >= 0.3 is 0 Å². The Morgan fingerprint density at radius 1 is 1.09 bits per heavy atom. The predicted octanol–water partition coefficient (Wildman–Crippen LogP) is 4.23. The van der Waals surface area contributed by atoms with Gasteiger partial charge in [0.2, 0.25) is 5.91 Å². The van der Waals surface area contributed by atoms with Crippen molar-refractivity contribution < 1.29 is 24.1 Å². The van der Waals surface area contributed by atoms with Gasteiger partial charge in [-0.2, -0.15) is 0 Å². The molecule has 3 N–H and O–H groups in total. The monoisotopic (exact) mass is 509 g/mol. The number of fused-ring (bicyclic) bond motifs is 3. The lowest BCUT2D eigenvalue weighted by atomic mass is 9.69. The van der Waals surface area contributed by atoms with Gasteiger partial charge in [-0.15, -0.1) is 0 Å². The predicted molar refractivity (Wildman–Crippen MR) is 126 cm³/mol. The number of nitrogens with two attached hydrogens (primary N) is 1. The molecule has 0 aromatic heterocycles. The molecule has 1 fully saturated rings. The van der Waals surface area contributed by atoms with E-state index in [-0.39, 0.29) is 5.92 Å². The summed E-state index contributed by atoms with van der Waals surface area (Å²) in [5, 5.41) is 12.6. The van der Waals surface area contributed by atoms with Crippen molar-refractivity contribution in [1.82, 2.24) is 0 Å². The van der Waals surface area contributed by atoms with E-state index in [1.165, 1.54) is 7.11 Å². The minimum Gasteiger partial charge on any atom is -0.496 e. The highest BCUT2D eigenvalue weighted by Crippen LogP contribution is 2.70. The molecular weight excluding hydrogens is 486 g/mol. The smallest absolute Gasteiger partial charge is 0.224 e. The van der Waals surface area contributed by atoms with Gasteiger partial charge < -0.3 is 25.1 Å². The lowest BCUT2D eigenvalue weighted by Gasteiger charge is -2.41. The number of primary amides is 1. The molecule has 1 heterocycles. The van der Waals surface area contributed by atoms with Crippen LogP contribution in [0, 0.1) is 5.92 Å². The number of amides is 1. The van der Waals surface area contributed by atoms with E-state index in [9.17, 15) is 9.90 Å². The van der Waals surface area contributed by atoms with Crippen molar-refractivity contribution in [2.24, 2.45) is 11.7 Å². The molecule has 0 bridgehead atoms. The third kappa shape index (κ3) is 2.92. The fourth-order valence-electron chi connectivity index (χ4n) is 5.64. The highest BCUT2D eigenvalue weighted by molar-refractivity contribution is 9.10. The van der Waals surface area contributed by atoms with Crippen LogP contribution in [0.25, 0.3) is 0 Å². The highest BCUT2D eigenvalue weighted by atomic mass is 79.9. The van der Waals surface area contributed by atoms with Gasteiger partial charge in [0.05, 0.1) is 25.7 Å². The van der Waals surface area contributed by atoms with Crippen LogP contribution >= 0.6 is 15.9 Å². The van der Waals surface area contributed by atoms with Gasteiger partial charge in [0, 0.05) is 22.5 Å². The summed E-state index contributed by atoms with van der Waals surface area (Å²) in [5.41, 5.74) is 4.94. The van der Waals surface area contributed by atoms with Crippen LogP contribution in [-0.4, -0.2) is 25.2 Å². The van der Waals surface area contributed by atoms with Gasteiger partial charge in [-0.3, -0.25) is 4.79 Å². The lowest BCUT2D eigenvalue weighted by molar-refractivity contribution is -0.149. The Balaban J connectivity index is 1.87. The summed E-state index contributed by atoms with van der Waals surface area (Å²) in [6, 6.07) is 20.8. The van der Waals surface area contributed by atoms with Crippen molar-refractivity contribution >= 4 is 21.8 Å². The second-order valence-electron chi connectivity index (χ2n) is 8.47. The number of methoxy groups -OCH3 is 2. The molecule has 5 rings (SSSR count). The molecule has 170 valence electrons. The first-order chi connectivity index (χ1) is 15.9. The minimum atomic E-state index is -1.76. The van der Waals surface area contributed by atoms with Gasteiger partial charge in [-0.1, -0.05) is 58.4 Å². The molecule has 1 aliphatic heterocycles. The average molecular weight is 510 g/mol. The number of carbonyl (C=O) groups excluding carboxylic acids is 1. The summed E-state index contributed by atoms with van der Waals surface area (Å²) >= 11 is 3.49. The Hall–Kier alpha value is -3.03. The Morgan fingerprint density at radius 2 is 1.79 bits per heavy atom. The zero-order chi connectivity index (χ0) is 23.4. The molecule has 7 heteroatoms. The largest absolute Gasteiger partial charge is 0.496 e. The number of hydrogen-bond donors (Lipinski definition) is 2. The molecule has 0 saturated heterocycles. The normalized spacial score (nSPS) is 27.4. The van der Waals surface area contributed by atoms with Gasteiger partial charge in [-0.25, -0.2) is 0 Å². The molecule has 4 unspecified atom stereocenters. The number of hydrogen-bond acceptors (Lipinski definition) is 5. The first-order valence-electron chi connectivity index (χ1n) is 10.6. The standard InChI is InChI=1S/C26H24BrNO5/c1-31-18-12-21(32-2)23-22(13-18)33-26(16-8-10-17(27)11-9-16)19(15-6-4-3-5-7-15)14-20(24(28)29)25(23,26)30/h3-13,19-20,30H,14H2,1-2H3,(H2,28,29). The Kier molecular flexibility index (Phi) is 5.14. The van der Waals surface area contributed by atoms with E-state index >= 15 is 0 Å². The first kappa shape index (κ1) is 21.8. The molecule has 4 atom stereocenters. The third-order valence-electron chi connectivity index (χ3n) is 7.00. The van der Waals surface area contributed by atoms with Crippen molar-refractivity contribution in [3.05, 3.63) is 87.9 Å². The number of rotatable bonds is 5. The summed E-state index contributed by atoms with van der Waals surface area (Å²) < 4.78 is 18.7. The van der Waals surface area contributed by atoms with Crippen molar-refractivity contribution in [2.45, 2.75) is 23.5 Å². The number of aliphatic hydroxyl groups is 1. The maximum atomic E-state index is 12.8. The van der Waals surface area contributed by atoms with Crippen LogP contribution in [0.3, 0.4) is 0 Å². The molecule has 2 aliphatic rings. The summed E-state index contributed by atoms with van der Waals surface area (Å²) in [4.78, 5) is 12.8. The quantitative estimate of drug-likeness (QED) is 0.536. The zero-order valence-corrected chi connectivity index (χ0v) is 19.8. The SMILES string of the molecule is COc1cc(OC)c2c(c1)OC1(c3ccc(Br)cc3)C(c3ccccc3)CC(C(N)=O)C21O. The van der Waals surface area contributed by atoms with Crippen LogP contribution in [0.15, 0.2) is 71.2 Å². The maximum Gasteiger partial charge on any atom is 0.224 e. The fraction of sp³-hybridized carbons (Fsp3) is 0.269. The van der Waals surface area contributed by atoms with E-state index in [0.29, 0.717) is 29.2 Å². The van der Waals surface area contributed by atoms with Crippen molar-refractivity contribution in [3.8, 4) is 17.2 Å². The molecule has 1 amide bonds. The second kappa shape index (κ2) is 7.78. The molecule has 1 saturated carbocycles. The number of carbonyl (C=O) groups is 1. The molecule has 0 spiro atoms. The maximum absolute atomic E-state index is 12.8. The Morgan fingerprint density at radius 3 is 2.39 bits per heavy atom. The van der Waals surface area contributed by atoms with Crippen LogP contribution in [-0.2, 0) is 16.0 Å². The molecular formula is C26H24BrNO5. The highest BCUT2D eigenvalue weighted by Gasteiger charge is 2.74. The number of benzene rings is 3. The summed E-state index contributed by atoms with van der Waals surface area (Å²) in [6.45, 7) is 0. The summed E-state index contributed by atoms with van der Waals surface area (Å²) in [7, 11) is 3.07. The summed E-state index contributed by atoms with van der Waals surface area (Å²) in [5.74, 6) is -0.548. The van der Waals surface area contributed by atoms with E-state index in [1.807, 2.05) is 54.6 Å². The molecule has 1 aliphatic carbocycles. The van der Waals surface area contributed by atoms with Gasteiger partial charge in [0.1, 0.15) is 17.2 Å². The van der Waals surface area contributed by atoms with E-state index in [1.54, 1.807) is 19.2 Å². The van der Waals surface area contributed by atoms with Crippen molar-refractivity contribution in [1.29, 1.82) is 0 Å². The molecule has 6 nitrogen and oxygen atoms in total. The van der Waals surface area contributed by atoms with Crippen LogP contribution in [0.2, 0.25) is 0 Å². The fourth-order valence-corrected chi connectivity index (χ4v) is 5.90. The summed E-state index contributed by atoms with van der Waals surface area (Å²) in [6.07, 6.45) is 0.320. The van der Waals surface area contributed by atoms with E-state index in [0.717, 1.165) is 15.6 Å². The molecule has 0 radical (unpaired) electrons. The van der Waals surface area contributed by atoms with Crippen LogP contribution in [0.1, 0.15) is 29.0 Å². The van der Waals surface area contributed by atoms with Crippen molar-refractivity contribution in [2.75, 3.05) is 14.2 Å².